The molecule has 1 aliphatic carbocycles. The fourth-order valence-electron chi connectivity index (χ4n) is 5.26. The predicted molar refractivity (Wildman–Crippen MR) is 120 cm³/mol. The van der Waals surface area contributed by atoms with Gasteiger partial charge in [-0.2, -0.15) is 18.4 Å². The lowest BCUT2D eigenvalue weighted by molar-refractivity contribution is -0.138. The van der Waals surface area contributed by atoms with Gasteiger partial charge in [-0.15, -0.1) is 0 Å². The average molecular weight is 470 g/mol. The zero-order chi connectivity index (χ0) is 24.0. The van der Waals surface area contributed by atoms with Gasteiger partial charge in [-0.3, -0.25) is 9.69 Å². The van der Waals surface area contributed by atoms with Gasteiger partial charge in [-0.05, 0) is 66.6 Å². The molecule has 0 aromatic heterocycles. The van der Waals surface area contributed by atoms with Gasteiger partial charge in [0.25, 0.3) is 5.91 Å². The molecular formula is C26H26F3N3O2. The summed E-state index contributed by atoms with van der Waals surface area (Å²) in [5.41, 5.74) is 1.53. The molecule has 1 saturated heterocycles. The van der Waals surface area contributed by atoms with Crippen LogP contribution in [-0.4, -0.2) is 36.6 Å². The Morgan fingerprint density at radius 1 is 1.21 bits per heavy atom. The highest BCUT2D eigenvalue weighted by atomic mass is 19.4. The normalized spacial score (nSPS) is 25.1. The van der Waals surface area contributed by atoms with Gasteiger partial charge in [-0.25, -0.2) is 0 Å². The van der Waals surface area contributed by atoms with E-state index >= 15 is 0 Å². The first kappa shape index (κ1) is 22.9. The van der Waals surface area contributed by atoms with Crippen LogP contribution in [0.2, 0.25) is 0 Å². The Balaban J connectivity index is 1.44. The highest BCUT2D eigenvalue weighted by Gasteiger charge is 2.41. The number of ether oxygens (including phenoxy) is 1. The first-order valence-electron chi connectivity index (χ1n) is 11.6. The Hall–Kier alpha value is -2.89. The first-order chi connectivity index (χ1) is 16.2. The second-order valence-corrected chi connectivity index (χ2v) is 9.56. The van der Waals surface area contributed by atoms with Crippen molar-refractivity contribution in [2.45, 2.75) is 51.1 Å². The summed E-state index contributed by atoms with van der Waals surface area (Å²) in [6.45, 7) is 4.00. The maximum atomic E-state index is 14.0. The van der Waals surface area contributed by atoms with Crippen molar-refractivity contribution in [1.29, 1.82) is 5.26 Å². The molecule has 2 aromatic carbocycles. The lowest BCUT2D eigenvalue weighted by atomic mass is 9.72. The third-order valence-corrected chi connectivity index (χ3v) is 7.11. The van der Waals surface area contributed by atoms with E-state index < -0.39 is 17.6 Å². The maximum absolute atomic E-state index is 14.0. The lowest BCUT2D eigenvalue weighted by Gasteiger charge is -2.31. The summed E-state index contributed by atoms with van der Waals surface area (Å²) >= 11 is 0. The number of fused-ring (bicyclic) bond motifs is 1. The Morgan fingerprint density at radius 2 is 2.00 bits per heavy atom. The molecule has 34 heavy (non-hydrogen) atoms. The molecule has 0 spiro atoms. The summed E-state index contributed by atoms with van der Waals surface area (Å²) in [5, 5.41) is 9.04. The number of anilines is 1. The number of carbonyl (C=O) groups excluding carboxylic acids is 1. The van der Waals surface area contributed by atoms with E-state index in [1.54, 1.807) is 12.1 Å². The fourth-order valence-corrected chi connectivity index (χ4v) is 5.26. The van der Waals surface area contributed by atoms with Crippen LogP contribution in [0.15, 0.2) is 36.4 Å². The molecule has 2 aromatic rings. The Labute approximate surface area is 196 Å². The minimum absolute atomic E-state index is 0.0220. The fraction of sp³-hybridized carbons (Fsp3) is 0.462. The SMILES string of the molecule is C[C@@H]1CN(Cc2cc3c(c(C(F)(F)F)c2)CN(c2cccc(C4CC(C#N)C4)c2)C3=O)CCO1. The van der Waals surface area contributed by atoms with Crippen LogP contribution in [0.1, 0.15) is 58.3 Å². The number of benzene rings is 2. The molecule has 3 aliphatic rings. The number of nitrogens with zero attached hydrogens (tertiary/aromatic N) is 3. The molecule has 5 nitrogen and oxygen atoms in total. The van der Waals surface area contributed by atoms with Gasteiger partial charge in [0, 0.05) is 36.8 Å². The number of amides is 1. The predicted octanol–water partition coefficient (Wildman–Crippen LogP) is 5.10. The van der Waals surface area contributed by atoms with Crippen molar-refractivity contribution < 1.29 is 22.7 Å². The van der Waals surface area contributed by atoms with E-state index in [2.05, 4.69) is 11.0 Å². The molecule has 1 atom stereocenters. The van der Waals surface area contributed by atoms with Crippen LogP contribution in [0.3, 0.4) is 0 Å². The molecule has 0 unspecified atom stereocenters. The van der Waals surface area contributed by atoms with Crippen molar-refractivity contribution in [2.24, 2.45) is 5.92 Å². The molecule has 0 radical (unpaired) electrons. The number of hydrogen-bond acceptors (Lipinski definition) is 4. The largest absolute Gasteiger partial charge is 0.416 e. The molecule has 2 aliphatic heterocycles. The van der Waals surface area contributed by atoms with Gasteiger partial charge in [-0.1, -0.05) is 12.1 Å². The number of morpholine rings is 1. The van der Waals surface area contributed by atoms with Crippen LogP contribution in [0.4, 0.5) is 18.9 Å². The summed E-state index contributed by atoms with van der Waals surface area (Å²) in [7, 11) is 0. The summed E-state index contributed by atoms with van der Waals surface area (Å²) in [6, 6.07) is 12.5. The Kier molecular flexibility index (Phi) is 5.86. The summed E-state index contributed by atoms with van der Waals surface area (Å²) in [6.07, 6.45) is -2.98. The van der Waals surface area contributed by atoms with E-state index in [-0.39, 0.29) is 35.6 Å². The quantitative estimate of drug-likeness (QED) is 0.625. The standard InChI is InChI=1S/C26H26F3N3O2/c1-16-13-31(5-6-34-16)14-18-9-22-23(24(10-18)26(27,28)29)15-32(25(22)33)21-4-2-3-19(11-21)20-7-17(8-20)12-30/h2-4,9-11,16-17,20H,5-8,13-15H2,1H3/t16-,17?,20?/m1/s1. The van der Waals surface area contributed by atoms with Crippen LogP contribution in [0.5, 0.6) is 0 Å². The third-order valence-electron chi connectivity index (χ3n) is 7.11. The molecular weight excluding hydrogens is 443 g/mol. The van der Waals surface area contributed by atoms with E-state index in [4.69, 9.17) is 10.00 Å². The number of hydrogen-bond donors (Lipinski definition) is 0. The van der Waals surface area contributed by atoms with Crippen molar-refractivity contribution in [2.75, 3.05) is 24.6 Å². The molecule has 0 bridgehead atoms. The van der Waals surface area contributed by atoms with Gasteiger partial charge < -0.3 is 9.64 Å². The maximum Gasteiger partial charge on any atom is 0.416 e. The van der Waals surface area contributed by atoms with Crippen LogP contribution < -0.4 is 4.90 Å². The summed E-state index contributed by atoms with van der Waals surface area (Å²) in [4.78, 5) is 16.8. The van der Waals surface area contributed by atoms with E-state index in [0.717, 1.165) is 18.4 Å². The van der Waals surface area contributed by atoms with Gasteiger partial charge in [0.2, 0.25) is 0 Å². The van der Waals surface area contributed by atoms with Crippen LogP contribution in [-0.2, 0) is 24.0 Å². The molecule has 5 rings (SSSR count). The van der Waals surface area contributed by atoms with Crippen LogP contribution in [0, 0.1) is 17.2 Å². The minimum Gasteiger partial charge on any atom is -0.376 e. The lowest BCUT2D eigenvalue weighted by Crippen LogP contribution is -2.40. The second-order valence-electron chi connectivity index (χ2n) is 9.56. The monoisotopic (exact) mass is 469 g/mol. The number of alkyl halides is 3. The topological polar surface area (TPSA) is 56.6 Å². The number of rotatable bonds is 4. The zero-order valence-corrected chi connectivity index (χ0v) is 18.9. The molecule has 1 saturated carbocycles. The van der Waals surface area contributed by atoms with E-state index in [0.29, 0.717) is 37.5 Å². The van der Waals surface area contributed by atoms with E-state index in [1.807, 2.05) is 25.1 Å². The zero-order valence-electron chi connectivity index (χ0n) is 18.9. The van der Waals surface area contributed by atoms with E-state index in [1.165, 1.54) is 11.0 Å². The summed E-state index contributed by atoms with van der Waals surface area (Å²) in [5.74, 6) is -0.107. The number of carbonyl (C=O) groups is 1. The van der Waals surface area contributed by atoms with Gasteiger partial charge in [0.15, 0.2) is 0 Å². The van der Waals surface area contributed by atoms with Gasteiger partial charge in [0.05, 0.1) is 30.9 Å². The summed E-state index contributed by atoms with van der Waals surface area (Å²) < 4.78 is 47.6. The van der Waals surface area contributed by atoms with Crippen molar-refractivity contribution in [3.8, 4) is 6.07 Å². The van der Waals surface area contributed by atoms with Crippen molar-refractivity contribution in [3.05, 3.63) is 64.2 Å². The van der Waals surface area contributed by atoms with Crippen molar-refractivity contribution >= 4 is 11.6 Å². The number of nitriles is 1. The Bertz CT molecular complexity index is 1150. The molecule has 1 amide bonds. The Morgan fingerprint density at radius 3 is 2.71 bits per heavy atom. The minimum atomic E-state index is -4.55. The molecule has 0 N–H and O–H groups in total. The van der Waals surface area contributed by atoms with Gasteiger partial charge in [0.1, 0.15) is 0 Å². The first-order valence-corrected chi connectivity index (χ1v) is 11.6. The van der Waals surface area contributed by atoms with E-state index in [9.17, 15) is 18.0 Å². The molecule has 8 heteroatoms. The van der Waals surface area contributed by atoms with Gasteiger partial charge >= 0.3 is 6.18 Å². The number of halogens is 3. The third kappa shape index (κ3) is 4.30. The molecule has 2 heterocycles. The van der Waals surface area contributed by atoms with Crippen molar-refractivity contribution in [3.63, 3.8) is 0 Å². The molecule has 2 fully saturated rings. The smallest absolute Gasteiger partial charge is 0.376 e. The second kappa shape index (κ2) is 8.71. The molecule has 178 valence electrons. The average Bonchev–Trinajstić information content (AvgIpc) is 3.09. The highest BCUT2D eigenvalue weighted by molar-refractivity contribution is 6.10. The van der Waals surface area contributed by atoms with Crippen LogP contribution in [0.25, 0.3) is 0 Å². The highest BCUT2D eigenvalue weighted by Crippen LogP contribution is 2.43. The van der Waals surface area contributed by atoms with Crippen molar-refractivity contribution in [1.82, 2.24) is 4.90 Å². The van der Waals surface area contributed by atoms with Crippen LogP contribution >= 0.6 is 0 Å².